The van der Waals surface area contributed by atoms with E-state index in [0.29, 0.717) is 24.6 Å². The highest BCUT2D eigenvalue weighted by molar-refractivity contribution is 5.99. The zero-order valence-corrected chi connectivity index (χ0v) is 18.9. The fourth-order valence-corrected chi connectivity index (χ4v) is 4.45. The molecule has 33 heavy (non-hydrogen) atoms. The SMILES string of the molecule is CC(C)CCN1CCCN2C(=O)c3c(O)c(=O)c(C(=O)NCc4ccc(F)cc4)cn3CC12. The highest BCUT2D eigenvalue weighted by atomic mass is 19.1. The molecule has 1 fully saturated rings. The maximum absolute atomic E-state index is 13.2. The van der Waals surface area contributed by atoms with Crippen LogP contribution >= 0.6 is 0 Å². The maximum atomic E-state index is 13.2. The lowest BCUT2D eigenvalue weighted by molar-refractivity contribution is -0.0116. The summed E-state index contributed by atoms with van der Waals surface area (Å²) >= 11 is 0. The highest BCUT2D eigenvalue weighted by Gasteiger charge is 2.40. The predicted molar refractivity (Wildman–Crippen MR) is 120 cm³/mol. The van der Waals surface area contributed by atoms with E-state index in [1.165, 1.54) is 35.0 Å². The fourth-order valence-electron chi connectivity index (χ4n) is 4.45. The van der Waals surface area contributed by atoms with Crippen LogP contribution < -0.4 is 10.7 Å². The molecule has 0 saturated carbocycles. The second-order valence-electron chi connectivity index (χ2n) is 9.08. The van der Waals surface area contributed by atoms with Crippen molar-refractivity contribution in [2.75, 3.05) is 19.6 Å². The minimum Gasteiger partial charge on any atom is -0.503 e. The monoisotopic (exact) mass is 456 g/mol. The molecule has 0 spiro atoms. The molecule has 176 valence electrons. The number of halogens is 1. The van der Waals surface area contributed by atoms with Crippen LogP contribution in [0.15, 0.2) is 35.3 Å². The molecular weight excluding hydrogens is 427 g/mol. The van der Waals surface area contributed by atoms with Gasteiger partial charge in [0.25, 0.3) is 11.8 Å². The van der Waals surface area contributed by atoms with Gasteiger partial charge in [0.05, 0.1) is 6.54 Å². The first kappa shape index (κ1) is 23.0. The molecule has 9 heteroatoms. The third kappa shape index (κ3) is 4.64. The summed E-state index contributed by atoms with van der Waals surface area (Å²) in [6, 6.07) is 5.64. The van der Waals surface area contributed by atoms with Crippen molar-refractivity contribution in [1.29, 1.82) is 0 Å². The highest BCUT2D eigenvalue weighted by Crippen LogP contribution is 2.28. The first-order chi connectivity index (χ1) is 15.8. The summed E-state index contributed by atoms with van der Waals surface area (Å²) in [4.78, 5) is 42.6. The van der Waals surface area contributed by atoms with Gasteiger partial charge in [-0.3, -0.25) is 19.3 Å². The molecule has 8 nitrogen and oxygen atoms in total. The molecule has 0 aliphatic carbocycles. The van der Waals surface area contributed by atoms with Crippen LogP contribution in [0.5, 0.6) is 5.75 Å². The van der Waals surface area contributed by atoms with Crippen molar-refractivity contribution in [2.45, 2.75) is 45.9 Å². The Bertz CT molecular complexity index is 1110. The van der Waals surface area contributed by atoms with Gasteiger partial charge in [-0.1, -0.05) is 26.0 Å². The second kappa shape index (κ2) is 9.35. The standard InChI is InChI=1S/C24H29FN4O4/c1-15(2)8-11-27-9-3-10-29-19(27)14-28-13-18(21(30)22(31)20(28)24(29)33)23(32)26-12-16-4-6-17(25)7-5-16/h4-7,13,15,19,31H,3,8-12,14H2,1-2H3,(H,26,32). The van der Waals surface area contributed by atoms with E-state index in [2.05, 4.69) is 24.1 Å². The zero-order chi connectivity index (χ0) is 23.7. The van der Waals surface area contributed by atoms with Gasteiger partial charge in [0.1, 0.15) is 17.5 Å². The first-order valence-corrected chi connectivity index (χ1v) is 11.3. The van der Waals surface area contributed by atoms with E-state index in [-0.39, 0.29) is 29.8 Å². The maximum Gasteiger partial charge on any atom is 0.275 e. The Morgan fingerprint density at radius 2 is 1.94 bits per heavy atom. The van der Waals surface area contributed by atoms with Crippen molar-refractivity contribution in [3.63, 3.8) is 0 Å². The van der Waals surface area contributed by atoms with Gasteiger partial charge in [0, 0.05) is 32.4 Å². The fraction of sp³-hybridized carbons (Fsp3) is 0.458. The molecule has 1 aromatic carbocycles. The number of pyridine rings is 1. The second-order valence-corrected chi connectivity index (χ2v) is 9.08. The van der Waals surface area contributed by atoms with Gasteiger partial charge in [-0.2, -0.15) is 0 Å². The number of hydrogen-bond acceptors (Lipinski definition) is 5. The zero-order valence-electron chi connectivity index (χ0n) is 18.9. The van der Waals surface area contributed by atoms with E-state index in [4.69, 9.17) is 0 Å². The molecule has 1 atom stereocenters. The van der Waals surface area contributed by atoms with Crippen molar-refractivity contribution in [2.24, 2.45) is 5.92 Å². The Morgan fingerprint density at radius 3 is 2.64 bits per heavy atom. The lowest BCUT2D eigenvalue weighted by Gasteiger charge is -2.47. The number of carbonyl (C=O) groups is 2. The molecule has 3 heterocycles. The lowest BCUT2D eigenvalue weighted by atomic mass is 10.1. The van der Waals surface area contributed by atoms with Gasteiger partial charge in [0.2, 0.25) is 5.43 Å². The number of fused-ring (bicyclic) bond motifs is 2. The Hall–Kier alpha value is -3.20. The first-order valence-electron chi connectivity index (χ1n) is 11.3. The number of aromatic hydroxyl groups is 1. The number of amides is 2. The van der Waals surface area contributed by atoms with E-state index in [9.17, 15) is 23.9 Å². The number of nitrogens with zero attached hydrogens (tertiary/aromatic N) is 3. The average Bonchev–Trinajstić information content (AvgIpc) is 2.79. The number of aromatic nitrogens is 1. The number of benzene rings is 1. The van der Waals surface area contributed by atoms with E-state index < -0.39 is 23.0 Å². The minimum atomic E-state index is -0.877. The minimum absolute atomic E-state index is 0.0722. The van der Waals surface area contributed by atoms with Crippen molar-refractivity contribution in [3.05, 3.63) is 63.3 Å². The van der Waals surface area contributed by atoms with Crippen molar-refractivity contribution in [3.8, 4) is 5.75 Å². The van der Waals surface area contributed by atoms with Crippen LogP contribution in [0.2, 0.25) is 0 Å². The summed E-state index contributed by atoms with van der Waals surface area (Å²) in [5, 5.41) is 13.2. The van der Waals surface area contributed by atoms with Crippen LogP contribution in [0, 0.1) is 11.7 Å². The van der Waals surface area contributed by atoms with Crippen molar-refractivity contribution >= 4 is 11.8 Å². The van der Waals surface area contributed by atoms with Crippen LogP contribution in [0.25, 0.3) is 0 Å². The molecule has 0 radical (unpaired) electrons. The van der Waals surface area contributed by atoms with Gasteiger partial charge in [-0.25, -0.2) is 4.39 Å². The molecular formula is C24H29FN4O4. The Morgan fingerprint density at radius 1 is 1.21 bits per heavy atom. The van der Waals surface area contributed by atoms with E-state index in [1.54, 1.807) is 4.90 Å². The Kier molecular flexibility index (Phi) is 6.51. The van der Waals surface area contributed by atoms with Crippen LogP contribution in [0.3, 0.4) is 0 Å². The van der Waals surface area contributed by atoms with E-state index in [0.717, 1.165) is 25.9 Å². The average molecular weight is 457 g/mol. The normalized spacial score (nSPS) is 18.2. The molecule has 1 unspecified atom stereocenters. The van der Waals surface area contributed by atoms with Crippen molar-refractivity contribution in [1.82, 2.24) is 19.7 Å². The smallest absolute Gasteiger partial charge is 0.275 e. The predicted octanol–water partition coefficient (Wildman–Crippen LogP) is 2.16. The number of carbonyl (C=O) groups excluding carboxylic acids is 2. The largest absolute Gasteiger partial charge is 0.503 e. The van der Waals surface area contributed by atoms with Gasteiger partial charge >= 0.3 is 0 Å². The lowest BCUT2D eigenvalue weighted by Crippen LogP contribution is -2.61. The van der Waals surface area contributed by atoms with Gasteiger partial charge in [0.15, 0.2) is 11.4 Å². The van der Waals surface area contributed by atoms with Gasteiger partial charge < -0.3 is 19.9 Å². The molecule has 2 N–H and O–H groups in total. The van der Waals surface area contributed by atoms with E-state index in [1.807, 2.05) is 0 Å². The molecule has 2 aliphatic heterocycles. The van der Waals surface area contributed by atoms with Crippen molar-refractivity contribution < 1.29 is 19.1 Å². The quantitative estimate of drug-likeness (QED) is 0.695. The summed E-state index contributed by atoms with van der Waals surface area (Å²) < 4.78 is 14.6. The summed E-state index contributed by atoms with van der Waals surface area (Å²) in [6.07, 6.45) is 3.00. The molecule has 2 aromatic rings. The topological polar surface area (TPSA) is 94.9 Å². The molecule has 2 aliphatic rings. The molecule has 1 aromatic heterocycles. The Labute approximate surface area is 191 Å². The summed E-state index contributed by atoms with van der Waals surface area (Å²) in [6.45, 7) is 7.05. The number of hydrogen-bond donors (Lipinski definition) is 2. The number of nitrogens with one attached hydrogen (secondary N) is 1. The molecule has 0 bridgehead atoms. The third-order valence-electron chi connectivity index (χ3n) is 6.31. The van der Waals surface area contributed by atoms with Crippen LogP contribution in [-0.2, 0) is 13.1 Å². The summed E-state index contributed by atoms with van der Waals surface area (Å²) in [5.41, 5.74) is -0.514. The van der Waals surface area contributed by atoms with Gasteiger partial charge in [-0.05, 0) is 36.5 Å². The molecule has 1 saturated heterocycles. The van der Waals surface area contributed by atoms with Crippen LogP contribution in [-0.4, -0.2) is 57.1 Å². The summed E-state index contributed by atoms with van der Waals surface area (Å²) in [5.74, 6) is -1.61. The van der Waals surface area contributed by atoms with Gasteiger partial charge in [-0.15, -0.1) is 0 Å². The third-order valence-corrected chi connectivity index (χ3v) is 6.31. The Balaban J connectivity index is 1.59. The van der Waals surface area contributed by atoms with Crippen LogP contribution in [0.4, 0.5) is 4.39 Å². The number of rotatable bonds is 6. The van der Waals surface area contributed by atoms with E-state index >= 15 is 0 Å². The van der Waals surface area contributed by atoms with Crippen LogP contribution in [0.1, 0.15) is 53.1 Å². The molecule has 2 amide bonds. The molecule has 4 rings (SSSR count). The summed E-state index contributed by atoms with van der Waals surface area (Å²) in [7, 11) is 0.